The lowest BCUT2D eigenvalue weighted by molar-refractivity contribution is -0.117. The van der Waals surface area contributed by atoms with E-state index < -0.39 is 17.8 Å². The number of ether oxygens (including phenoxy) is 1. The third-order valence-electron chi connectivity index (χ3n) is 4.03. The zero-order valence-corrected chi connectivity index (χ0v) is 17.8. The van der Waals surface area contributed by atoms with Crippen molar-refractivity contribution >= 4 is 46.6 Å². The Morgan fingerprint density at radius 2 is 1.80 bits per heavy atom. The van der Waals surface area contributed by atoms with Crippen LogP contribution in [0.5, 0.6) is 5.75 Å². The number of hydrogen-bond acceptors (Lipinski definition) is 4. The summed E-state index contributed by atoms with van der Waals surface area (Å²) in [4.78, 5) is 35.0. The van der Waals surface area contributed by atoms with Gasteiger partial charge in [0.15, 0.2) is 0 Å². The van der Waals surface area contributed by atoms with Gasteiger partial charge in [-0.25, -0.2) is 9.18 Å². The molecule has 0 aliphatic heterocycles. The fraction of sp³-hybridized carbons (Fsp3) is 0.286. The summed E-state index contributed by atoms with van der Waals surface area (Å²) in [5.41, 5.74) is -0.0555. The first-order chi connectivity index (χ1) is 14.3. The Bertz CT molecular complexity index is 937. The van der Waals surface area contributed by atoms with E-state index in [0.29, 0.717) is 23.8 Å². The van der Waals surface area contributed by atoms with E-state index in [4.69, 9.17) is 27.9 Å². The lowest BCUT2D eigenvalue weighted by atomic mass is 10.1. The number of unbranched alkanes of at least 4 members (excludes halogenated alkanes) is 2. The zero-order chi connectivity index (χ0) is 22.1. The molecule has 0 atom stereocenters. The molecule has 6 nitrogen and oxygen atoms in total. The fourth-order valence-electron chi connectivity index (χ4n) is 2.53. The molecule has 2 N–H and O–H groups in total. The molecule has 2 aromatic rings. The molecular weight excluding hydrogens is 434 g/mol. The van der Waals surface area contributed by atoms with Crippen LogP contribution in [-0.4, -0.2) is 24.3 Å². The maximum Gasteiger partial charge on any atom is 0.326 e. The van der Waals surface area contributed by atoms with E-state index in [2.05, 4.69) is 10.6 Å². The quantitative estimate of drug-likeness (QED) is 0.481. The highest BCUT2D eigenvalue weighted by molar-refractivity contribution is 6.37. The average Bonchev–Trinajstić information content (AvgIpc) is 2.66. The number of Topliss-reactive ketones (excluding diaryl/α,β-unsaturated/α-hetero) is 1. The van der Waals surface area contributed by atoms with Crippen molar-refractivity contribution in [1.29, 1.82) is 0 Å². The van der Waals surface area contributed by atoms with Gasteiger partial charge in [-0.05, 0) is 56.5 Å². The van der Waals surface area contributed by atoms with Crippen LogP contribution >= 0.6 is 23.2 Å². The first-order valence-electron chi connectivity index (χ1n) is 9.25. The van der Waals surface area contributed by atoms with Gasteiger partial charge in [-0.15, -0.1) is 0 Å². The van der Waals surface area contributed by atoms with Crippen molar-refractivity contribution in [3.8, 4) is 5.75 Å². The van der Waals surface area contributed by atoms with E-state index in [9.17, 15) is 18.8 Å². The van der Waals surface area contributed by atoms with Gasteiger partial charge in [0.2, 0.25) is 0 Å². The second-order valence-corrected chi connectivity index (χ2v) is 7.38. The highest BCUT2D eigenvalue weighted by atomic mass is 35.5. The molecule has 2 aromatic carbocycles. The van der Waals surface area contributed by atoms with Gasteiger partial charge >= 0.3 is 6.03 Å². The van der Waals surface area contributed by atoms with Crippen molar-refractivity contribution in [2.75, 3.05) is 11.9 Å². The van der Waals surface area contributed by atoms with Crippen molar-refractivity contribution in [1.82, 2.24) is 5.32 Å². The molecule has 3 amide bonds. The fourth-order valence-corrected chi connectivity index (χ4v) is 3.02. The van der Waals surface area contributed by atoms with Gasteiger partial charge in [-0.3, -0.25) is 10.1 Å². The van der Waals surface area contributed by atoms with Gasteiger partial charge in [-0.2, -0.15) is 0 Å². The Kier molecular flexibility index (Phi) is 9.08. The molecular formula is C21H21Cl2FN2O4. The largest absolute Gasteiger partial charge is 0.493 e. The monoisotopic (exact) mass is 454 g/mol. The Labute approximate surface area is 183 Å². The van der Waals surface area contributed by atoms with E-state index in [1.54, 1.807) is 6.92 Å². The molecule has 0 unspecified atom stereocenters. The smallest absolute Gasteiger partial charge is 0.326 e. The summed E-state index contributed by atoms with van der Waals surface area (Å²) in [6.07, 6.45) is 2.93. The molecule has 0 aliphatic carbocycles. The normalized spacial score (nSPS) is 10.4. The molecule has 0 saturated heterocycles. The van der Waals surface area contributed by atoms with Gasteiger partial charge in [0, 0.05) is 17.5 Å². The topological polar surface area (TPSA) is 84.5 Å². The number of halogens is 3. The predicted octanol–water partition coefficient (Wildman–Crippen LogP) is 5.62. The van der Waals surface area contributed by atoms with Gasteiger partial charge in [0.05, 0.1) is 22.9 Å². The van der Waals surface area contributed by atoms with Crippen LogP contribution in [0.25, 0.3) is 0 Å². The highest BCUT2D eigenvalue weighted by Gasteiger charge is 2.15. The molecule has 160 valence electrons. The van der Waals surface area contributed by atoms with Gasteiger partial charge < -0.3 is 14.8 Å². The summed E-state index contributed by atoms with van der Waals surface area (Å²) in [7, 11) is 0. The van der Waals surface area contributed by atoms with Crippen LogP contribution in [0.3, 0.4) is 0 Å². The Hall–Kier alpha value is -2.64. The van der Waals surface area contributed by atoms with Crippen LogP contribution in [0.1, 0.15) is 43.0 Å². The van der Waals surface area contributed by atoms with Crippen LogP contribution in [0.4, 0.5) is 14.9 Å². The summed E-state index contributed by atoms with van der Waals surface area (Å²) < 4.78 is 19.7. The van der Waals surface area contributed by atoms with Crippen LogP contribution in [0.15, 0.2) is 36.4 Å². The van der Waals surface area contributed by atoms with Crippen LogP contribution in [-0.2, 0) is 4.79 Å². The van der Waals surface area contributed by atoms with Crippen molar-refractivity contribution in [3.05, 3.63) is 57.8 Å². The van der Waals surface area contributed by atoms with E-state index in [-0.39, 0.29) is 22.1 Å². The Morgan fingerprint density at radius 1 is 1.03 bits per heavy atom. The lowest BCUT2D eigenvalue weighted by Crippen LogP contribution is -2.34. The van der Waals surface area contributed by atoms with Crippen LogP contribution in [0.2, 0.25) is 10.0 Å². The van der Waals surface area contributed by atoms with Crippen molar-refractivity contribution in [2.24, 2.45) is 0 Å². The summed E-state index contributed by atoms with van der Waals surface area (Å²) >= 11 is 11.7. The molecule has 30 heavy (non-hydrogen) atoms. The predicted molar refractivity (Wildman–Crippen MR) is 114 cm³/mol. The number of carbonyl (C=O) groups is 3. The number of amides is 3. The summed E-state index contributed by atoms with van der Waals surface area (Å²) in [5, 5.41) is 4.76. The Morgan fingerprint density at radius 3 is 2.47 bits per heavy atom. The van der Waals surface area contributed by atoms with E-state index in [1.807, 2.05) is 0 Å². The molecule has 0 radical (unpaired) electrons. The second-order valence-electron chi connectivity index (χ2n) is 6.54. The van der Waals surface area contributed by atoms with Crippen molar-refractivity contribution in [2.45, 2.75) is 32.6 Å². The first-order valence-corrected chi connectivity index (χ1v) is 10.0. The number of urea groups is 1. The standard InChI is InChI=1S/C21H21Cl2FN2O4/c1-13(27)5-3-2-4-10-30-15-7-9-19(18(24)12-15)25-21(29)26-20(28)16-8-6-14(22)11-17(16)23/h6-9,11-12H,2-5,10H2,1H3,(H2,25,26,28,29). The maximum atomic E-state index is 14.2. The number of imide groups is 1. The number of benzene rings is 2. The molecule has 0 bridgehead atoms. The third kappa shape index (κ3) is 7.65. The number of rotatable bonds is 9. The van der Waals surface area contributed by atoms with E-state index in [1.165, 1.54) is 30.3 Å². The van der Waals surface area contributed by atoms with E-state index >= 15 is 0 Å². The minimum absolute atomic E-state index is 0.0590. The lowest BCUT2D eigenvalue weighted by Gasteiger charge is -2.10. The second kappa shape index (κ2) is 11.5. The van der Waals surface area contributed by atoms with Crippen molar-refractivity contribution < 1.29 is 23.5 Å². The molecule has 9 heteroatoms. The minimum atomic E-state index is -0.913. The molecule has 0 aliphatic rings. The molecule has 0 saturated carbocycles. The summed E-state index contributed by atoms with van der Waals surface area (Å²) in [6.45, 7) is 1.94. The third-order valence-corrected chi connectivity index (χ3v) is 4.58. The number of hydrogen-bond donors (Lipinski definition) is 2. The average molecular weight is 455 g/mol. The van der Waals surface area contributed by atoms with Crippen LogP contribution < -0.4 is 15.4 Å². The van der Waals surface area contributed by atoms with Gasteiger partial charge in [-0.1, -0.05) is 23.2 Å². The number of ketones is 1. The van der Waals surface area contributed by atoms with E-state index in [0.717, 1.165) is 25.3 Å². The van der Waals surface area contributed by atoms with Crippen molar-refractivity contribution in [3.63, 3.8) is 0 Å². The summed E-state index contributed by atoms with van der Waals surface area (Å²) in [5.74, 6) is -0.993. The Balaban J connectivity index is 1.84. The highest BCUT2D eigenvalue weighted by Crippen LogP contribution is 2.22. The molecule has 0 spiro atoms. The molecule has 0 heterocycles. The molecule has 0 fully saturated rings. The van der Waals surface area contributed by atoms with Gasteiger partial charge in [0.25, 0.3) is 5.91 Å². The first kappa shape index (κ1) is 23.6. The maximum absolute atomic E-state index is 14.2. The van der Waals surface area contributed by atoms with Crippen LogP contribution in [0, 0.1) is 5.82 Å². The minimum Gasteiger partial charge on any atom is -0.493 e. The number of carbonyl (C=O) groups excluding carboxylic acids is 3. The summed E-state index contributed by atoms with van der Waals surface area (Å²) in [6, 6.07) is 7.28. The molecule has 2 rings (SSSR count). The van der Waals surface area contributed by atoms with Gasteiger partial charge in [0.1, 0.15) is 17.3 Å². The number of nitrogens with one attached hydrogen (secondary N) is 2. The molecule has 0 aromatic heterocycles. The SMILES string of the molecule is CC(=O)CCCCCOc1ccc(NC(=O)NC(=O)c2ccc(Cl)cc2Cl)c(F)c1. The zero-order valence-electron chi connectivity index (χ0n) is 16.3. The number of anilines is 1.